The Labute approximate surface area is 263 Å². The van der Waals surface area contributed by atoms with Crippen LogP contribution in [0.1, 0.15) is 50.7 Å². The number of fused-ring (bicyclic) bond motifs is 2. The van der Waals surface area contributed by atoms with Crippen LogP contribution in [0.4, 0.5) is 17.1 Å². The number of aromatic nitrogens is 3. The third kappa shape index (κ3) is 5.40. The molecule has 0 saturated heterocycles. The monoisotopic (exact) mass is 590 g/mol. The second kappa shape index (κ2) is 11.7. The summed E-state index contributed by atoms with van der Waals surface area (Å²) in [5.74, 6) is 2.92. The number of nitrogens with zero attached hydrogens (tertiary/aromatic N) is 4. The largest absolute Gasteiger partial charge is 0.308 e. The highest BCUT2D eigenvalue weighted by atomic mass is 32.2. The molecule has 216 valence electrons. The van der Waals surface area contributed by atoms with E-state index in [9.17, 15) is 0 Å². The molecule has 1 aliphatic heterocycles. The van der Waals surface area contributed by atoms with Crippen LogP contribution < -0.4 is 4.90 Å². The van der Waals surface area contributed by atoms with Gasteiger partial charge in [-0.15, -0.1) is 0 Å². The standard InChI is InChI=1S/C39H34N4S/c1-25(2)30-17-21-33-35(23-30)44-36-24-31(26(3)4)18-22-34(36)43(33)32-19-15-29(16-20-32)39-41-37(27-11-7-5-8-12-27)40-38(42-39)28-13-9-6-10-14-28/h5-26H,1-4H3. The van der Waals surface area contributed by atoms with Gasteiger partial charge >= 0.3 is 0 Å². The molecular formula is C39H34N4S. The molecule has 6 aromatic rings. The van der Waals surface area contributed by atoms with Crippen molar-refractivity contribution in [3.63, 3.8) is 0 Å². The molecule has 2 heterocycles. The summed E-state index contributed by atoms with van der Waals surface area (Å²) in [5.41, 5.74) is 9.09. The van der Waals surface area contributed by atoms with Gasteiger partial charge in [-0.25, -0.2) is 15.0 Å². The van der Waals surface area contributed by atoms with Crippen LogP contribution in [0.3, 0.4) is 0 Å². The molecule has 1 aliphatic rings. The Bertz CT molecular complexity index is 1820. The summed E-state index contributed by atoms with van der Waals surface area (Å²) in [6.07, 6.45) is 0. The van der Waals surface area contributed by atoms with Gasteiger partial charge in [0.2, 0.25) is 0 Å². The van der Waals surface area contributed by atoms with Gasteiger partial charge in [-0.1, -0.05) is 112 Å². The third-order valence-corrected chi connectivity index (χ3v) is 9.18. The summed E-state index contributed by atoms with van der Waals surface area (Å²) in [6.45, 7) is 9.02. The highest BCUT2D eigenvalue weighted by molar-refractivity contribution is 7.99. The fourth-order valence-corrected chi connectivity index (χ4v) is 6.69. The molecule has 1 aromatic heterocycles. The van der Waals surface area contributed by atoms with Crippen molar-refractivity contribution in [2.45, 2.75) is 49.3 Å². The number of hydrogen-bond donors (Lipinski definition) is 0. The molecular weight excluding hydrogens is 557 g/mol. The van der Waals surface area contributed by atoms with E-state index in [-0.39, 0.29) is 0 Å². The summed E-state index contributed by atoms with van der Waals surface area (Å²) in [7, 11) is 0. The molecule has 5 aromatic carbocycles. The molecule has 0 radical (unpaired) electrons. The van der Waals surface area contributed by atoms with Gasteiger partial charge in [0.25, 0.3) is 0 Å². The molecule has 0 saturated carbocycles. The second-order valence-electron chi connectivity index (χ2n) is 11.8. The first-order valence-electron chi connectivity index (χ1n) is 15.2. The molecule has 0 aliphatic carbocycles. The Hall–Kier alpha value is -4.74. The van der Waals surface area contributed by atoms with Crippen molar-refractivity contribution < 1.29 is 0 Å². The van der Waals surface area contributed by atoms with Gasteiger partial charge in [0, 0.05) is 32.2 Å². The van der Waals surface area contributed by atoms with Crippen molar-refractivity contribution in [1.29, 1.82) is 0 Å². The van der Waals surface area contributed by atoms with E-state index in [0.717, 1.165) is 22.4 Å². The number of anilines is 3. The van der Waals surface area contributed by atoms with Gasteiger partial charge in [-0.3, -0.25) is 0 Å². The lowest BCUT2D eigenvalue weighted by atomic mass is 10.0. The van der Waals surface area contributed by atoms with Crippen LogP contribution in [0.25, 0.3) is 34.2 Å². The smallest absolute Gasteiger partial charge is 0.164 e. The normalized spacial score (nSPS) is 12.4. The average Bonchev–Trinajstić information content (AvgIpc) is 3.07. The number of benzene rings is 5. The van der Waals surface area contributed by atoms with Crippen LogP contribution in [0.15, 0.2) is 131 Å². The minimum absolute atomic E-state index is 0.471. The van der Waals surface area contributed by atoms with Crippen molar-refractivity contribution in [3.05, 3.63) is 132 Å². The zero-order chi connectivity index (χ0) is 30.2. The van der Waals surface area contributed by atoms with Gasteiger partial charge < -0.3 is 4.90 Å². The molecule has 0 fully saturated rings. The zero-order valence-corrected chi connectivity index (χ0v) is 26.2. The van der Waals surface area contributed by atoms with Crippen LogP contribution in [0, 0.1) is 0 Å². The fourth-order valence-electron chi connectivity index (χ4n) is 5.54. The van der Waals surface area contributed by atoms with Gasteiger partial charge in [-0.2, -0.15) is 0 Å². The first-order chi connectivity index (χ1) is 21.4. The predicted molar refractivity (Wildman–Crippen MR) is 183 cm³/mol. The Morgan fingerprint density at radius 2 is 0.886 bits per heavy atom. The molecule has 0 N–H and O–H groups in total. The minimum Gasteiger partial charge on any atom is -0.308 e. The lowest BCUT2D eigenvalue weighted by molar-refractivity contribution is 0.858. The summed E-state index contributed by atoms with van der Waals surface area (Å²) in [5, 5.41) is 0. The van der Waals surface area contributed by atoms with Crippen LogP contribution in [0.5, 0.6) is 0 Å². The molecule has 0 amide bonds. The molecule has 0 unspecified atom stereocenters. The predicted octanol–water partition coefficient (Wildman–Crippen LogP) is 11.1. The van der Waals surface area contributed by atoms with E-state index >= 15 is 0 Å². The molecule has 4 nitrogen and oxygen atoms in total. The highest BCUT2D eigenvalue weighted by Crippen LogP contribution is 2.52. The Kier molecular flexibility index (Phi) is 7.49. The van der Waals surface area contributed by atoms with E-state index in [2.05, 4.69) is 93.3 Å². The molecule has 0 atom stereocenters. The number of rotatable bonds is 6. The van der Waals surface area contributed by atoms with Crippen molar-refractivity contribution >= 4 is 28.8 Å². The molecule has 5 heteroatoms. The summed E-state index contributed by atoms with van der Waals surface area (Å²) in [4.78, 5) is 19.7. The van der Waals surface area contributed by atoms with Gasteiger partial charge in [0.15, 0.2) is 17.5 Å². The lowest BCUT2D eigenvalue weighted by Gasteiger charge is -2.34. The minimum atomic E-state index is 0.471. The zero-order valence-electron chi connectivity index (χ0n) is 25.4. The maximum Gasteiger partial charge on any atom is 0.164 e. The summed E-state index contributed by atoms with van der Waals surface area (Å²) < 4.78 is 0. The van der Waals surface area contributed by atoms with Crippen LogP contribution in [-0.2, 0) is 0 Å². The van der Waals surface area contributed by atoms with Crippen LogP contribution in [-0.4, -0.2) is 15.0 Å². The lowest BCUT2D eigenvalue weighted by Crippen LogP contribution is -2.15. The van der Waals surface area contributed by atoms with E-state index in [1.165, 1.54) is 32.3 Å². The third-order valence-electron chi connectivity index (χ3n) is 8.09. The van der Waals surface area contributed by atoms with Crippen molar-refractivity contribution in [1.82, 2.24) is 15.0 Å². The van der Waals surface area contributed by atoms with Gasteiger partial charge in [-0.05, 0) is 71.5 Å². The molecule has 0 bridgehead atoms. The maximum atomic E-state index is 4.93. The Morgan fingerprint density at radius 1 is 0.477 bits per heavy atom. The molecule has 7 rings (SSSR count). The van der Waals surface area contributed by atoms with Gasteiger partial charge in [0.1, 0.15) is 0 Å². The maximum absolute atomic E-state index is 4.93. The van der Waals surface area contributed by atoms with E-state index < -0.39 is 0 Å². The quantitative estimate of drug-likeness (QED) is 0.193. The topological polar surface area (TPSA) is 41.9 Å². The Balaban J connectivity index is 1.32. The van der Waals surface area contributed by atoms with Crippen molar-refractivity contribution in [2.24, 2.45) is 0 Å². The van der Waals surface area contributed by atoms with E-state index in [1.807, 2.05) is 72.4 Å². The highest BCUT2D eigenvalue weighted by Gasteiger charge is 2.26. The van der Waals surface area contributed by atoms with Gasteiger partial charge in [0.05, 0.1) is 11.4 Å². The van der Waals surface area contributed by atoms with Crippen LogP contribution >= 0.6 is 11.8 Å². The molecule has 0 spiro atoms. The SMILES string of the molecule is CC(C)c1ccc2c(c1)Sc1cc(C(C)C)ccc1N2c1ccc(-c2nc(-c3ccccc3)nc(-c3ccccc3)n2)cc1. The second-order valence-corrected chi connectivity index (χ2v) is 12.9. The van der Waals surface area contributed by atoms with E-state index in [0.29, 0.717) is 29.3 Å². The van der Waals surface area contributed by atoms with E-state index in [1.54, 1.807) is 0 Å². The Morgan fingerprint density at radius 3 is 1.30 bits per heavy atom. The summed E-state index contributed by atoms with van der Waals surface area (Å²) >= 11 is 1.87. The van der Waals surface area contributed by atoms with Crippen LogP contribution in [0.2, 0.25) is 0 Å². The first-order valence-corrected chi connectivity index (χ1v) is 16.0. The molecule has 44 heavy (non-hydrogen) atoms. The number of hydrogen-bond acceptors (Lipinski definition) is 5. The average molecular weight is 591 g/mol. The van der Waals surface area contributed by atoms with Crippen molar-refractivity contribution in [3.8, 4) is 34.2 Å². The fraction of sp³-hybridized carbons (Fsp3) is 0.154. The summed E-state index contributed by atoms with van der Waals surface area (Å²) in [6, 6.07) is 42.6. The first kappa shape index (κ1) is 28.1. The van der Waals surface area contributed by atoms with Crippen molar-refractivity contribution in [2.75, 3.05) is 4.90 Å². The van der Waals surface area contributed by atoms with E-state index in [4.69, 9.17) is 15.0 Å².